The predicted molar refractivity (Wildman–Crippen MR) is 102 cm³/mol. The molecule has 0 spiro atoms. The zero-order valence-corrected chi connectivity index (χ0v) is 15.9. The summed E-state index contributed by atoms with van der Waals surface area (Å²) in [6.07, 6.45) is 6.13. The Balaban J connectivity index is 1.39. The second kappa shape index (κ2) is 7.32. The highest BCUT2D eigenvalue weighted by Crippen LogP contribution is 2.45. The van der Waals surface area contributed by atoms with Gasteiger partial charge in [0, 0.05) is 36.1 Å². The van der Waals surface area contributed by atoms with E-state index in [1.165, 1.54) is 12.8 Å². The Bertz CT molecular complexity index is 682. The third-order valence-electron chi connectivity index (χ3n) is 6.75. The number of rotatable bonds is 3. The standard InChI is InChI=1S/C21H27ClN2O2/c22-18-6-4-15(5-7-18)19(25)16-8-11-24(12-9-16)20(26)21-10-2-1-3-17(21)13-23-14-21/h4-7,16-17,23H,1-3,8-14H2/t17-,21+/m0/s1. The molecule has 0 radical (unpaired) electrons. The summed E-state index contributed by atoms with van der Waals surface area (Å²) < 4.78 is 0. The number of fused-ring (bicyclic) bond motifs is 1. The van der Waals surface area contributed by atoms with Crippen molar-refractivity contribution < 1.29 is 9.59 Å². The monoisotopic (exact) mass is 374 g/mol. The number of piperidine rings is 1. The van der Waals surface area contributed by atoms with Crippen LogP contribution in [0, 0.1) is 17.3 Å². The maximum absolute atomic E-state index is 13.3. The molecule has 1 N–H and O–H groups in total. The van der Waals surface area contributed by atoms with Crippen LogP contribution in [0.25, 0.3) is 0 Å². The topological polar surface area (TPSA) is 49.4 Å². The molecule has 0 aromatic heterocycles. The fraction of sp³-hybridized carbons (Fsp3) is 0.619. The molecule has 2 saturated heterocycles. The first-order valence-corrected chi connectivity index (χ1v) is 10.3. The lowest BCUT2D eigenvalue weighted by Crippen LogP contribution is -2.52. The van der Waals surface area contributed by atoms with Crippen molar-refractivity contribution in [3.63, 3.8) is 0 Å². The first-order valence-electron chi connectivity index (χ1n) is 9.90. The van der Waals surface area contributed by atoms with Gasteiger partial charge in [0.25, 0.3) is 0 Å². The largest absolute Gasteiger partial charge is 0.342 e. The molecule has 1 aliphatic carbocycles. The van der Waals surface area contributed by atoms with Crippen molar-refractivity contribution >= 4 is 23.3 Å². The zero-order chi connectivity index (χ0) is 18.1. The number of Topliss-reactive ketones (excluding diaryl/α,β-unsaturated/α-hetero) is 1. The van der Waals surface area contributed by atoms with Crippen molar-refractivity contribution in [1.29, 1.82) is 0 Å². The Morgan fingerprint density at radius 2 is 1.81 bits per heavy atom. The normalized spacial score (nSPS) is 29.4. The van der Waals surface area contributed by atoms with E-state index in [4.69, 9.17) is 11.6 Å². The predicted octanol–water partition coefficient (Wildman–Crippen LogP) is 3.54. The molecule has 5 heteroatoms. The zero-order valence-electron chi connectivity index (χ0n) is 15.2. The van der Waals surface area contributed by atoms with Crippen LogP contribution >= 0.6 is 11.6 Å². The number of nitrogens with one attached hydrogen (secondary N) is 1. The average Bonchev–Trinajstić information content (AvgIpc) is 3.13. The van der Waals surface area contributed by atoms with Crippen molar-refractivity contribution in [1.82, 2.24) is 10.2 Å². The summed E-state index contributed by atoms with van der Waals surface area (Å²) in [5, 5.41) is 4.11. The van der Waals surface area contributed by atoms with Crippen molar-refractivity contribution in [3.05, 3.63) is 34.9 Å². The second-order valence-electron chi connectivity index (χ2n) is 8.17. The highest BCUT2D eigenvalue weighted by molar-refractivity contribution is 6.30. The van der Waals surface area contributed by atoms with Crippen LogP contribution in [-0.2, 0) is 4.79 Å². The van der Waals surface area contributed by atoms with Gasteiger partial charge in [-0.15, -0.1) is 0 Å². The molecule has 1 aromatic rings. The van der Waals surface area contributed by atoms with Crippen molar-refractivity contribution in [2.24, 2.45) is 17.3 Å². The summed E-state index contributed by atoms with van der Waals surface area (Å²) in [6, 6.07) is 7.14. The van der Waals surface area contributed by atoms with E-state index in [2.05, 4.69) is 5.32 Å². The molecular formula is C21H27ClN2O2. The van der Waals surface area contributed by atoms with Gasteiger partial charge in [-0.1, -0.05) is 24.4 Å². The number of ketones is 1. The van der Waals surface area contributed by atoms with Gasteiger partial charge in [-0.3, -0.25) is 9.59 Å². The quantitative estimate of drug-likeness (QED) is 0.823. The van der Waals surface area contributed by atoms with Gasteiger partial charge in [0.2, 0.25) is 5.91 Å². The van der Waals surface area contributed by atoms with Gasteiger partial charge in [0.15, 0.2) is 5.78 Å². The van der Waals surface area contributed by atoms with Crippen LogP contribution in [0.2, 0.25) is 5.02 Å². The van der Waals surface area contributed by atoms with Crippen LogP contribution in [0.15, 0.2) is 24.3 Å². The first-order chi connectivity index (χ1) is 12.6. The number of halogens is 1. The smallest absolute Gasteiger partial charge is 0.230 e. The van der Waals surface area contributed by atoms with Crippen LogP contribution < -0.4 is 5.32 Å². The molecule has 1 amide bonds. The molecule has 26 heavy (non-hydrogen) atoms. The lowest BCUT2D eigenvalue weighted by atomic mass is 9.67. The Labute approximate surface area is 160 Å². The van der Waals surface area contributed by atoms with E-state index in [-0.39, 0.29) is 17.1 Å². The molecule has 1 saturated carbocycles. The van der Waals surface area contributed by atoms with Gasteiger partial charge in [0.1, 0.15) is 0 Å². The van der Waals surface area contributed by atoms with Crippen LogP contribution in [0.4, 0.5) is 0 Å². The Kier molecular flexibility index (Phi) is 5.07. The van der Waals surface area contributed by atoms with Crippen molar-refractivity contribution in [2.75, 3.05) is 26.2 Å². The minimum absolute atomic E-state index is 0.0154. The summed E-state index contributed by atoms with van der Waals surface area (Å²) in [7, 11) is 0. The molecule has 3 fully saturated rings. The summed E-state index contributed by atoms with van der Waals surface area (Å²) in [6.45, 7) is 3.23. The fourth-order valence-electron chi connectivity index (χ4n) is 5.18. The van der Waals surface area contributed by atoms with E-state index in [0.717, 1.165) is 44.3 Å². The van der Waals surface area contributed by atoms with Crippen molar-refractivity contribution in [2.45, 2.75) is 38.5 Å². The SMILES string of the molecule is O=C(c1ccc(Cl)cc1)C1CCN(C(=O)[C@@]23CCCC[C@H]2CNC3)CC1. The molecule has 140 valence electrons. The summed E-state index contributed by atoms with van der Waals surface area (Å²) in [5.41, 5.74) is 0.552. The second-order valence-corrected chi connectivity index (χ2v) is 8.60. The van der Waals surface area contributed by atoms with Crippen LogP contribution in [0.5, 0.6) is 0 Å². The van der Waals surface area contributed by atoms with Crippen molar-refractivity contribution in [3.8, 4) is 0 Å². The first kappa shape index (κ1) is 18.0. The number of carbonyl (C=O) groups is 2. The van der Waals surface area contributed by atoms with Gasteiger partial charge in [-0.05, 0) is 62.4 Å². The van der Waals surface area contributed by atoms with Gasteiger partial charge in [0.05, 0.1) is 5.41 Å². The lowest BCUT2D eigenvalue weighted by Gasteiger charge is -2.42. The van der Waals surface area contributed by atoms with E-state index in [9.17, 15) is 9.59 Å². The number of hydrogen-bond donors (Lipinski definition) is 1. The molecule has 4 rings (SSSR count). The van der Waals surface area contributed by atoms with Gasteiger partial charge in [-0.25, -0.2) is 0 Å². The molecule has 2 aliphatic heterocycles. The maximum Gasteiger partial charge on any atom is 0.230 e. The molecule has 2 atom stereocenters. The number of benzene rings is 1. The number of likely N-dealkylation sites (tertiary alicyclic amines) is 1. The van der Waals surface area contributed by atoms with Gasteiger partial charge < -0.3 is 10.2 Å². The molecule has 0 bridgehead atoms. The number of amides is 1. The average molecular weight is 375 g/mol. The summed E-state index contributed by atoms with van der Waals surface area (Å²) in [4.78, 5) is 28.1. The lowest BCUT2D eigenvalue weighted by molar-refractivity contribution is -0.146. The highest BCUT2D eigenvalue weighted by atomic mass is 35.5. The molecule has 2 heterocycles. The Morgan fingerprint density at radius 3 is 2.54 bits per heavy atom. The third kappa shape index (κ3) is 3.18. The van der Waals surface area contributed by atoms with E-state index in [0.29, 0.717) is 29.9 Å². The Morgan fingerprint density at radius 1 is 1.08 bits per heavy atom. The molecule has 3 aliphatic rings. The fourth-order valence-corrected chi connectivity index (χ4v) is 5.30. The van der Waals surface area contributed by atoms with Crippen LogP contribution in [0.3, 0.4) is 0 Å². The van der Waals surface area contributed by atoms with Crippen LogP contribution in [0.1, 0.15) is 48.9 Å². The van der Waals surface area contributed by atoms with E-state index < -0.39 is 0 Å². The minimum Gasteiger partial charge on any atom is -0.342 e. The van der Waals surface area contributed by atoms with E-state index >= 15 is 0 Å². The molecule has 4 nitrogen and oxygen atoms in total. The number of carbonyl (C=O) groups excluding carboxylic acids is 2. The summed E-state index contributed by atoms with van der Waals surface area (Å²) >= 11 is 5.91. The maximum atomic E-state index is 13.3. The number of nitrogens with zero attached hydrogens (tertiary/aromatic N) is 1. The van der Waals surface area contributed by atoms with E-state index in [1.807, 2.05) is 4.90 Å². The molecule has 1 aromatic carbocycles. The minimum atomic E-state index is -0.175. The number of hydrogen-bond acceptors (Lipinski definition) is 3. The third-order valence-corrected chi connectivity index (χ3v) is 7.00. The highest BCUT2D eigenvalue weighted by Gasteiger charge is 2.51. The summed E-state index contributed by atoms with van der Waals surface area (Å²) in [5.74, 6) is 1.04. The van der Waals surface area contributed by atoms with Crippen LogP contribution in [-0.4, -0.2) is 42.8 Å². The van der Waals surface area contributed by atoms with Gasteiger partial charge >= 0.3 is 0 Å². The van der Waals surface area contributed by atoms with E-state index in [1.54, 1.807) is 24.3 Å². The molecular weight excluding hydrogens is 348 g/mol. The Hall–Kier alpha value is -1.39. The molecule has 0 unspecified atom stereocenters. The van der Waals surface area contributed by atoms with Gasteiger partial charge in [-0.2, -0.15) is 0 Å².